The molecule has 3 heterocycles. The minimum absolute atomic E-state index is 0.0708. The molecule has 0 radical (unpaired) electrons. The molecule has 0 aliphatic carbocycles. The van der Waals surface area contributed by atoms with Crippen molar-refractivity contribution >= 4 is 62.1 Å². The van der Waals surface area contributed by atoms with Crippen molar-refractivity contribution in [3.05, 3.63) is 206 Å². The molecule has 0 N–H and O–H groups in total. The van der Waals surface area contributed by atoms with E-state index in [2.05, 4.69) is 205 Å². The Morgan fingerprint density at radius 2 is 0.877 bits per heavy atom. The summed E-state index contributed by atoms with van der Waals surface area (Å²) in [5.41, 5.74) is 21.7. The summed E-state index contributed by atoms with van der Waals surface area (Å²) in [5.74, 6) is 0. The summed E-state index contributed by atoms with van der Waals surface area (Å²) in [6.07, 6.45) is 0. The van der Waals surface area contributed by atoms with Crippen LogP contribution in [0.15, 0.2) is 211 Å². The Hall–Kier alpha value is -7.36. The molecule has 0 amide bonds. The van der Waals surface area contributed by atoms with E-state index >= 15 is 0 Å². The first-order chi connectivity index (χ1) is 28.2. The lowest BCUT2D eigenvalue weighted by atomic mass is 9.37. The Kier molecular flexibility index (Phi) is 7.06. The molecule has 3 heteroatoms. The van der Waals surface area contributed by atoms with Crippen LogP contribution in [-0.4, -0.2) is 6.71 Å². The SMILES string of the molecule is c1ccc(-c2ccc(N3c4ccc(-c5ccccc5)cc4B4c5cc(-c6ccccc6)ccc5-c5cc(-c6ccc7oc8ccccc8c7c6)cc3c54)cc2)cc1. The number of benzene rings is 9. The molecule has 2 nitrogen and oxygen atoms in total. The molecule has 0 unspecified atom stereocenters. The molecule has 57 heavy (non-hydrogen) atoms. The van der Waals surface area contributed by atoms with Gasteiger partial charge in [-0.15, -0.1) is 0 Å². The second-order valence-electron chi connectivity index (χ2n) is 15.3. The molecular weight excluding hydrogens is 689 g/mol. The minimum Gasteiger partial charge on any atom is -0.456 e. The van der Waals surface area contributed by atoms with Crippen molar-refractivity contribution in [3.63, 3.8) is 0 Å². The number of rotatable bonds is 5. The Morgan fingerprint density at radius 1 is 0.333 bits per heavy atom. The van der Waals surface area contributed by atoms with Crippen LogP contribution in [0.5, 0.6) is 0 Å². The van der Waals surface area contributed by atoms with Gasteiger partial charge in [0.1, 0.15) is 11.2 Å². The highest BCUT2D eigenvalue weighted by atomic mass is 16.3. The Morgan fingerprint density at radius 3 is 1.60 bits per heavy atom. The van der Waals surface area contributed by atoms with E-state index in [1.54, 1.807) is 0 Å². The van der Waals surface area contributed by atoms with Gasteiger partial charge in [0.2, 0.25) is 6.71 Å². The molecule has 264 valence electrons. The van der Waals surface area contributed by atoms with Gasteiger partial charge in [-0.1, -0.05) is 163 Å². The highest BCUT2D eigenvalue weighted by Crippen LogP contribution is 2.45. The van der Waals surface area contributed by atoms with Gasteiger partial charge in [0, 0.05) is 27.8 Å². The number of hydrogen-bond donors (Lipinski definition) is 0. The number of nitrogens with zero attached hydrogens (tertiary/aromatic N) is 1. The Balaban J connectivity index is 1.12. The fourth-order valence-corrected chi connectivity index (χ4v) is 9.40. The van der Waals surface area contributed by atoms with Crippen LogP contribution in [-0.2, 0) is 0 Å². The molecule has 2 aliphatic rings. The highest BCUT2D eigenvalue weighted by molar-refractivity contribution is 7.01. The number of furan rings is 1. The molecule has 12 rings (SSSR count). The maximum Gasteiger partial charge on any atom is 0.248 e. The third-order valence-corrected chi connectivity index (χ3v) is 12.1. The lowest BCUT2D eigenvalue weighted by Gasteiger charge is -2.36. The van der Waals surface area contributed by atoms with Crippen molar-refractivity contribution in [2.24, 2.45) is 0 Å². The molecule has 0 saturated heterocycles. The minimum atomic E-state index is 0.0708. The van der Waals surface area contributed by atoms with E-state index < -0.39 is 0 Å². The molecular formula is C54H34BNO. The molecule has 2 aliphatic heterocycles. The first-order valence-corrected chi connectivity index (χ1v) is 19.7. The smallest absolute Gasteiger partial charge is 0.248 e. The normalized spacial score (nSPS) is 12.5. The van der Waals surface area contributed by atoms with Crippen LogP contribution in [0.25, 0.3) is 77.6 Å². The summed E-state index contributed by atoms with van der Waals surface area (Å²) in [6.45, 7) is 0.0708. The molecule has 0 fully saturated rings. The summed E-state index contributed by atoms with van der Waals surface area (Å²) in [5, 5.41) is 2.27. The summed E-state index contributed by atoms with van der Waals surface area (Å²) in [7, 11) is 0. The summed E-state index contributed by atoms with van der Waals surface area (Å²) < 4.78 is 6.27. The molecule has 1 aromatic heterocycles. The van der Waals surface area contributed by atoms with Gasteiger partial charge < -0.3 is 9.32 Å². The third-order valence-electron chi connectivity index (χ3n) is 12.1. The lowest BCUT2D eigenvalue weighted by molar-refractivity contribution is 0.669. The zero-order valence-corrected chi connectivity index (χ0v) is 31.1. The highest BCUT2D eigenvalue weighted by Gasteiger charge is 2.43. The Bertz CT molecular complexity index is 3170. The standard InChI is InChI=1S/C54H34BNO/c1-4-12-35(13-5-1)38-20-25-43(26-21-38)56-50-28-23-41(37-16-8-3-9-17-37)33-49(50)55-48-32-40(36-14-6-2-7-15-36)22-27-44(48)47-31-42(34-51(56)54(47)55)39-24-29-53-46(30-39)45-18-10-11-19-52(45)57-53/h1-34H. The fraction of sp³-hybridized carbons (Fsp3) is 0. The summed E-state index contributed by atoms with van der Waals surface area (Å²) >= 11 is 0. The van der Waals surface area contributed by atoms with Crippen LogP contribution in [0.2, 0.25) is 0 Å². The van der Waals surface area contributed by atoms with Crippen LogP contribution in [0.3, 0.4) is 0 Å². The lowest BCUT2D eigenvalue weighted by Crippen LogP contribution is -2.54. The first-order valence-electron chi connectivity index (χ1n) is 19.7. The first kappa shape index (κ1) is 31.9. The van der Waals surface area contributed by atoms with Gasteiger partial charge >= 0.3 is 0 Å². The van der Waals surface area contributed by atoms with E-state index in [4.69, 9.17) is 4.42 Å². The van der Waals surface area contributed by atoms with Crippen LogP contribution < -0.4 is 21.3 Å². The van der Waals surface area contributed by atoms with E-state index in [0.29, 0.717) is 0 Å². The quantitative estimate of drug-likeness (QED) is 0.164. The predicted molar refractivity (Wildman–Crippen MR) is 240 cm³/mol. The molecule has 0 saturated carbocycles. The average Bonchev–Trinajstić information content (AvgIpc) is 3.83. The number of fused-ring (bicyclic) bond motifs is 8. The van der Waals surface area contributed by atoms with Gasteiger partial charge in [0.05, 0.1) is 0 Å². The van der Waals surface area contributed by atoms with Crippen molar-refractivity contribution in [2.45, 2.75) is 0 Å². The fourth-order valence-electron chi connectivity index (χ4n) is 9.40. The van der Waals surface area contributed by atoms with Crippen molar-refractivity contribution in [1.82, 2.24) is 0 Å². The number of anilines is 3. The maximum atomic E-state index is 6.27. The van der Waals surface area contributed by atoms with E-state index in [-0.39, 0.29) is 6.71 Å². The third kappa shape index (κ3) is 5.06. The second kappa shape index (κ2) is 12.6. The molecule has 0 atom stereocenters. The van der Waals surface area contributed by atoms with Gasteiger partial charge in [-0.25, -0.2) is 0 Å². The van der Waals surface area contributed by atoms with Gasteiger partial charge in [-0.3, -0.25) is 0 Å². The number of para-hydroxylation sites is 1. The zero-order valence-electron chi connectivity index (χ0n) is 31.1. The summed E-state index contributed by atoms with van der Waals surface area (Å²) in [6, 6.07) is 75.4. The zero-order chi connectivity index (χ0) is 37.5. The number of hydrogen-bond acceptors (Lipinski definition) is 2. The van der Waals surface area contributed by atoms with Crippen molar-refractivity contribution in [2.75, 3.05) is 4.90 Å². The second-order valence-corrected chi connectivity index (χ2v) is 15.3. The van der Waals surface area contributed by atoms with Crippen molar-refractivity contribution in [1.29, 1.82) is 0 Å². The molecule has 9 aromatic carbocycles. The van der Waals surface area contributed by atoms with Crippen LogP contribution in [0, 0.1) is 0 Å². The van der Waals surface area contributed by atoms with Crippen LogP contribution in [0.4, 0.5) is 17.1 Å². The van der Waals surface area contributed by atoms with Crippen LogP contribution in [0.1, 0.15) is 0 Å². The molecule has 0 bridgehead atoms. The van der Waals surface area contributed by atoms with E-state index in [0.717, 1.165) is 27.6 Å². The molecule has 0 spiro atoms. The van der Waals surface area contributed by atoms with E-state index in [9.17, 15) is 0 Å². The predicted octanol–water partition coefficient (Wildman–Crippen LogP) is 12.5. The van der Waals surface area contributed by atoms with Gasteiger partial charge in [-0.05, 0) is 115 Å². The van der Waals surface area contributed by atoms with Crippen LogP contribution >= 0.6 is 0 Å². The summed E-state index contributed by atoms with van der Waals surface area (Å²) in [4.78, 5) is 2.51. The Labute approximate surface area is 332 Å². The van der Waals surface area contributed by atoms with E-state index in [1.165, 1.54) is 83.4 Å². The van der Waals surface area contributed by atoms with Gasteiger partial charge in [-0.2, -0.15) is 0 Å². The van der Waals surface area contributed by atoms with Crippen molar-refractivity contribution in [3.8, 4) is 55.6 Å². The topological polar surface area (TPSA) is 16.4 Å². The average molecular weight is 724 g/mol. The maximum absolute atomic E-state index is 6.27. The largest absolute Gasteiger partial charge is 0.456 e. The van der Waals surface area contributed by atoms with Crippen molar-refractivity contribution < 1.29 is 4.42 Å². The van der Waals surface area contributed by atoms with E-state index in [1.807, 2.05) is 6.07 Å². The monoisotopic (exact) mass is 723 g/mol. The molecule has 10 aromatic rings. The van der Waals surface area contributed by atoms with Gasteiger partial charge in [0.25, 0.3) is 0 Å². The van der Waals surface area contributed by atoms with Gasteiger partial charge in [0.15, 0.2) is 0 Å².